The molecule has 2 N–H and O–H groups in total. The Labute approximate surface area is 196 Å². The van der Waals surface area contributed by atoms with E-state index in [1.165, 1.54) is 12.8 Å². The van der Waals surface area contributed by atoms with Crippen molar-refractivity contribution < 1.29 is 19.2 Å². The lowest BCUT2D eigenvalue weighted by atomic mass is 10.1. The summed E-state index contributed by atoms with van der Waals surface area (Å²) < 4.78 is 11.3. The Morgan fingerprint density at radius 1 is 1.22 bits per heavy atom. The number of hydrogen-bond donors (Lipinski definition) is 2. The van der Waals surface area contributed by atoms with Gasteiger partial charge in [-0.25, -0.2) is 4.98 Å². The van der Waals surface area contributed by atoms with Gasteiger partial charge in [-0.1, -0.05) is 41.0 Å². The third-order valence-corrected chi connectivity index (χ3v) is 5.39. The van der Waals surface area contributed by atoms with Crippen LogP contribution in [-0.2, 0) is 11.3 Å². The van der Waals surface area contributed by atoms with Crippen LogP contribution < -0.4 is 10.1 Å². The number of rotatable bonds is 9. The molecule has 1 fully saturated rings. The largest absolute Gasteiger partial charge is 0.481 e. The van der Waals surface area contributed by atoms with Gasteiger partial charge < -0.3 is 19.7 Å². The summed E-state index contributed by atoms with van der Waals surface area (Å²) in [6.45, 7) is 1.01. The summed E-state index contributed by atoms with van der Waals surface area (Å²) in [5, 5.41) is 16.2. The number of ether oxygens (including phenoxy) is 1. The highest BCUT2D eigenvalue weighted by molar-refractivity contribution is 6.32. The Kier molecular flexibility index (Phi) is 8.44. The molecule has 4 rings (SSSR count). The van der Waals surface area contributed by atoms with Gasteiger partial charge in [-0.2, -0.15) is 4.98 Å². The molecular formula is C22H24Cl2N4O4. The van der Waals surface area contributed by atoms with E-state index in [0.29, 0.717) is 41.3 Å². The van der Waals surface area contributed by atoms with Crippen LogP contribution in [-0.4, -0.2) is 38.8 Å². The van der Waals surface area contributed by atoms with Crippen molar-refractivity contribution in [3.63, 3.8) is 0 Å². The molecule has 0 atom stereocenters. The van der Waals surface area contributed by atoms with Crippen LogP contribution in [0.4, 0.5) is 0 Å². The maximum absolute atomic E-state index is 10.5. The molecule has 170 valence electrons. The van der Waals surface area contributed by atoms with Crippen LogP contribution in [0.2, 0.25) is 5.02 Å². The van der Waals surface area contributed by atoms with E-state index in [9.17, 15) is 4.79 Å². The zero-order valence-corrected chi connectivity index (χ0v) is 18.9. The standard InChI is InChI=1S/C22H23ClN4O4.ClH/c23-18-11-16(13-25-22(18)30-17-3-1-2-4-17)21-26-20(27-31-21)15-7-5-14(6-8-15)12-24-10-9-19(28)29;/h5-8,11,13,17,24H,1-4,9-10,12H2,(H,28,29);1H. The summed E-state index contributed by atoms with van der Waals surface area (Å²) >= 11 is 6.35. The van der Waals surface area contributed by atoms with E-state index < -0.39 is 5.97 Å². The third-order valence-electron chi connectivity index (χ3n) is 5.12. The molecule has 0 spiro atoms. The Bertz CT molecular complexity index is 1040. The van der Waals surface area contributed by atoms with Crippen molar-refractivity contribution in [2.24, 2.45) is 0 Å². The Hall–Kier alpha value is -2.68. The van der Waals surface area contributed by atoms with Gasteiger partial charge in [-0.15, -0.1) is 12.4 Å². The summed E-state index contributed by atoms with van der Waals surface area (Å²) in [5.41, 5.74) is 2.47. The molecule has 1 aliphatic rings. The van der Waals surface area contributed by atoms with E-state index >= 15 is 0 Å². The summed E-state index contributed by atoms with van der Waals surface area (Å²) in [4.78, 5) is 19.3. The van der Waals surface area contributed by atoms with Crippen LogP contribution in [0, 0.1) is 0 Å². The normalized spacial score (nSPS) is 13.7. The number of hydrogen-bond acceptors (Lipinski definition) is 7. The van der Waals surface area contributed by atoms with Gasteiger partial charge in [-0.05, 0) is 37.3 Å². The molecule has 10 heteroatoms. The van der Waals surface area contributed by atoms with E-state index in [0.717, 1.165) is 24.0 Å². The van der Waals surface area contributed by atoms with Crippen molar-refractivity contribution in [3.8, 4) is 28.7 Å². The van der Waals surface area contributed by atoms with Gasteiger partial charge in [-0.3, -0.25) is 4.79 Å². The molecule has 1 aromatic carbocycles. The molecule has 0 saturated heterocycles. The minimum absolute atomic E-state index is 0. The number of halogens is 2. The fourth-order valence-electron chi connectivity index (χ4n) is 3.45. The topological polar surface area (TPSA) is 110 Å². The predicted molar refractivity (Wildman–Crippen MR) is 122 cm³/mol. The number of aliphatic carboxylic acids is 1. The van der Waals surface area contributed by atoms with Crippen molar-refractivity contribution in [1.82, 2.24) is 20.4 Å². The van der Waals surface area contributed by atoms with Gasteiger partial charge in [0.2, 0.25) is 11.7 Å². The lowest BCUT2D eigenvalue weighted by Gasteiger charge is -2.13. The highest BCUT2D eigenvalue weighted by atomic mass is 35.5. The van der Waals surface area contributed by atoms with Gasteiger partial charge in [0.15, 0.2) is 0 Å². The predicted octanol–water partition coefficient (Wildman–Crippen LogP) is 4.76. The number of carboxylic acids is 1. The fourth-order valence-corrected chi connectivity index (χ4v) is 3.66. The monoisotopic (exact) mass is 478 g/mol. The van der Waals surface area contributed by atoms with E-state index in [-0.39, 0.29) is 24.9 Å². The first kappa shape index (κ1) is 24.0. The molecule has 0 radical (unpaired) electrons. The Morgan fingerprint density at radius 3 is 2.66 bits per heavy atom. The second-order valence-corrected chi connectivity index (χ2v) is 7.88. The number of aromatic nitrogens is 3. The van der Waals surface area contributed by atoms with Crippen molar-refractivity contribution >= 4 is 30.0 Å². The summed E-state index contributed by atoms with van der Waals surface area (Å²) in [6.07, 6.45) is 6.31. The molecule has 0 bridgehead atoms. The lowest BCUT2D eigenvalue weighted by molar-refractivity contribution is -0.136. The molecular weight excluding hydrogens is 455 g/mol. The zero-order valence-electron chi connectivity index (χ0n) is 17.3. The fraction of sp³-hybridized carbons (Fsp3) is 0.364. The summed E-state index contributed by atoms with van der Waals surface area (Å²) in [7, 11) is 0. The van der Waals surface area contributed by atoms with Crippen molar-refractivity contribution in [3.05, 3.63) is 47.1 Å². The number of nitrogens with one attached hydrogen (secondary N) is 1. The lowest BCUT2D eigenvalue weighted by Crippen LogP contribution is -2.17. The van der Waals surface area contributed by atoms with Crippen LogP contribution in [0.25, 0.3) is 22.8 Å². The van der Waals surface area contributed by atoms with Crippen LogP contribution in [0.1, 0.15) is 37.7 Å². The second kappa shape index (κ2) is 11.3. The first-order valence-electron chi connectivity index (χ1n) is 10.3. The highest BCUT2D eigenvalue weighted by Gasteiger charge is 2.19. The molecule has 3 aromatic rings. The highest BCUT2D eigenvalue weighted by Crippen LogP contribution is 2.31. The van der Waals surface area contributed by atoms with E-state index in [2.05, 4.69) is 20.4 Å². The summed E-state index contributed by atoms with van der Waals surface area (Å²) in [5.74, 6) is 0.409. The average molecular weight is 479 g/mol. The molecule has 8 nitrogen and oxygen atoms in total. The van der Waals surface area contributed by atoms with Crippen molar-refractivity contribution in [2.75, 3.05) is 6.54 Å². The smallest absolute Gasteiger partial charge is 0.304 e. The van der Waals surface area contributed by atoms with Crippen LogP contribution in [0.3, 0.4) is 0 Å². The van der Waals surface area contributed by atoms with Gasteiger partial charge in [0.05, 0.1) is 12.0 Å². The first-order chi connectivity index (χ1) is 15.1. The molecule has 0 aliphatic heterocycles. The van der Waals surface area contributed by atoms with E-state index in [1.807, 2.05) is 24.3 Å². The zero-order chi connectivity index (χ0) is 21.6. The second-order valence-electron chi connectivity index (χ2n) is 7.48. The van der Waals surface area contributed by atoms with Gasteiger partial charge in [0.1, 0.15) is 11.1 Å². The minimum Gasteiger partial charge on any atom is -0.481 e. The first-order valence-corrected chi connectivity index (χ1v) is 10.6. The van der Waals surface area contributed by atoms with Gasteiger partial charge in [0.25, 0.3) is 5.89 Å². The molecule has 1 saturated carbocycles. The van der Waals surface area contributed by atoms with Crippen LogP contribution in [0.15, 0.2) is 41.1 Å². The van der Waals surface area contributed by atoms with Crippen LogP contribution >= 0.6 is 24.0 Å². The molecule has 1 aliphatic carbocycles. The van der Waals surface area contributed by atoms with E-state index in [4.69, 9.17) is 26.0 Å². The number of nitrogens with zero attached hydrogens (tertiary/aromatic N) is 3. The molecule has 32 heavy (non-hydrogen) atoms. The SMILES string of the molecule is Cl.O=C(O)CCNCc1ccc(-c2noc(-c3cnc(OC4CCCC4)c(Cl)c3)n2)cc1. The Morgan fingerprint density at radius 2 is 1.97 bits per heavy atom. The minimum atomic E-state index is -0.816. The maximum atomic E-state index is 10.5. The molecule has 0 amide bonds. The van der Waals surface area contributed by atoms with Crippen molar-refractivity contribution in [1.29, 1.82) is 0 Å². The van der Waals surface area contributed by atoms with Gasteiger partial charge >= 0.3 is 5.97 Å². The van der Waals surface area contributed by atoms with Gasteiger partial charge in [0, 0.05) is 24.8 Å². The molecule has 2 aromatic heterocycles. The average Bonchev–Trinajstić information content (AvgIpc) is 3.45. The quantitative estimate of drug-likeness (QED) is 0.423. The summed E-state index contributed by atoms with van der Waals surface area (Å²) in [6, 6.07) is 9.39. The number of pyridine rings is 1. The van der Waals surface area contributed by atoms with Crippen LogP contribution in [0.5, 0.6) is 5.88 Å². The maximum Gasteiger partial charge on any atom is 0.304 e. The number of benzene rings is 1. The van der Waals surface area contributed by atoms with E-state index in [1.54, 1.807) is 12.3 Å². The molecule has 2 heterocycles. The number of carboxylic acid groups (broad SMARTS) is 1. The Balaban J connectivity index is 0.00000289. The van der Waals surface area contributed by atoms with Crippen molar-refractivity contribution in [2.45, 2.75) is 44.8 Å². The molecule has 0 unspecified atom stereocenters. The number of carbonyl (C=O) groups is 1. The third kappa shape index (κ3) is 6.18.